The second-order valence-corrected chi connectivity index (χ2v) is 5.43. The Kier molecular flexibility index (Phi) is 3.92. The van der Waals surface area contributed by atoms with Gasteiger partial charge in [-0.3, -0.25) is 4.99 Å². The lowest BCUT2D eigenvalue weighted by atomic mass is 10.0. The normalized spacial score (nSPS) is 11.2. The Hall–Kier alpha value is -2.61. The number of benzene rings is 3. The van der Waals surface area contributed by atoms with Gasteiger partial charge in [-0.1, -0.05) is 30.3 Å². The van der Waals surface area contributed by atoms with E-state index in [2.05, 4.69) is 43.1 Å². The Bertz CT molecular complexity index is 849. The van der Waals surface area contributed by atoms with Crippen LogP contribution in [0, 0.1) is 13.8 Å². The van der Waals surface area contributed by atoms with Gasteiger partial charge in [0, 0.05) is 17.2 Å². The molecule has 0 atom stereocenters. The summed E-state index contributed by atoms with van der Waals surface area (Å²) in [6.45, 7) is 4.22. The third-order valence-corrected chi connectivity index (χ3v) is 3.98. The van der Waals surface area contributed by atoms with Crippen LogP contribution in [-0.2, 0) is 0 Å². The van der Waals surface area contributed by atoms with Crippen molar-refractivity contribution in [1.29, 1.82) is 0 Å². The molecule has 0 spiro atoms. The Labute approximate surface area is 131 Å². The highest BCUT2D eigenvalue weighted by Gasteiger charge is 2.04. The minimum atomic E-state index is 0.888. The highest BCUT2D eigenvalue weighted by Crippen LogP contribution is 2.28. The zero-order valence-electron chi connectivity index (χ0n) is 13.1. The van der Waals surface area contributed by atoms with Gasteiger partial charge in [-0.15, -0.1) is 0 Å². The lowest BCUT2D eigenvalue weighted by molar-refractivity contribution is 0.420. The molecule has 3 aromatic carbocycles. The predicted octanol–water partition coefficient (Wildman–Crippen LogP) is 5.22. The molecule has 0 aromatic heterocycles. The summed E-state index contributed by atoms with van der Waals surface area (Å²) >= 11 is 0. The molecule has 0 radical (unpaired) electrons. The fourth-order valence-electron chi connectivity index (χ4n) is 2.54. The maximum absolute atomic E-state index is 5.43. The van der Waals surface area contributed by atoms with Crippen molar-refractivity contribution < 1.29 is 4.74 Å². The molecule has 0 aliphatic rings. The van der Waals surface area contributed by atoms with Gasteiger partial charge in [-0.2, -0.15) is 0 Å². The topological polar surface area (TPSA) is 21.6 Å². The lowest BCUT2D eigenvalue weighted by Gasteiger charge is -2.07. The summed E-state index contributed by atoms with van der Waals surface area (Å²) < 4.78 is 5.43. The first-order valence-electron chi connectivity index (χ1n) is 7.36. The zero-order chi connectivity index (χ0) is 15.5. The average molecular weight is 289 g/mol. The van der Waals surface area contributed by atoms with Gasteiger partial charge >= 0.3 is 0 Å². The number of hydrogen-bond donors (Lipinski definition) is 0. The van der Waals surface area contributed by atoms with Crippen LogP contribution in [0.25, 0.3) is 10.8 Å². The van der Waals surface area contributed by atoms with E-state index in [1.807, 2.05) is 36.5 Å². The highest BCUT2D eigenvalue weighted by molar-refractivity contribution is 6.02. The van der Waals surface area contributed by atoms with Gasteiger partial charge in [0.1, 0.15) is 5.75 Å². The van der Waals surface area contributed by atoms with Crippen molar-refractivity contribution >= 4 is 22.7 Å². The van der Waals surface area contributed by atoms with Crippen LogP contribution in [0.4, 0.5) is 5.69 Å². The van der Waals surface area contributed by atoms with Gasteiger partial charge in [-0.05, 0) is 54.6 Å². The molecule has 0 amide bonds. The lowest BCUT2D eigenvalue weighted by Crippen LogP contribution is -1.89. The number of aryl methyl sites for hydroxylation is 2. The van der Waals surface area contributed by atoms with Crippen molar-refractivity contribution in [3.05, 3.63) is 71.3 Å². The molecule has 3 aromatic rings. The maximum Gasteiger partial charge on any atom is 0.126 e. The van der Waals surface area contributed by atoms with Gasteiger partial charge in [0.05, 0.1) is 12.8 Å². The number of aliphatic imine (C=N–C) groups is 1. The number of nitrogens with zero attached hydrogens (tertiary/aromatic N) is 1. The van der Waals surface area contributed by atoms with Crippen molar-refractivity contribution in [2.75, 3.05) is 7.11 Å². The summed E-state index contributed by atoms with van der Waals surface area (Å²) in [4.78, 5) is 4.62. The van der Waals surface area contributed by atoms with Crippen molar-refractivity contribution in [3.63, 3.8) is 0 Å². The number of rotatable bonds is 3. The maximum atomic E-state index is 5.43. The van der Waals surface area contributed by atoms with Gasteiger partial charge < -0.3 is 4.74 Å². The molecular formula is C20H19NO. The van der Waals surface area contributed by atoms with Crippen LogP contribution >= 0.6 is 0 Å². The summed E-state index contributed by atoms with van der Waals surface area (Å²) in [7, 11) is 1.70. The fraction of sp³-hybridized carbons (Fsp3) is 0.150. The Morgan fingerprint density at radius 3 is 2.36 bits per heavy atom. The Morgan fingerprint density at radius 1 is 0.864 bits per heavy atom. The largest absolute Gasteiger partial charge is 0.496 e. The summed E-state index contributed by atoms with van der Waals surface area (Å²) in [6, 6.07) is 18.5. The highest BCUT2D eigenvalue weighted by atomic mass is 16.5. The molecule has 0 saturated heterocycles. The molecular weight excluding hydrogens is 270 g/mol. The van der Waals surface area contributed by atoms with Gasteiger partial charge in [0.15, 0.2) is 0 Å². The second-order valence-electron chi connectivity index (χ2n) is 5.43. The first-order chi connectivity index (χ1) is 10.7. The summed E-state index contributed by atoms with van der Waals surface area (Å²) in [5.41, 5.74) is 4.61. The van der Waals surface area contributed by atoms with E-state index >= 15 is 0 Å². The van der Waals surface area contributed by atoms with Crippen LogP contribution in [0.15, 0.2) is 59.6 Å². The molecule has 0 heterocycles. The first-order valence-corrected chi connectivity index (χ1v) is 7.36. The van der Waals surface area contributed by atoms with E-state index < -0.39 is 0 Å². The monoisotopic (exact) mass is 289 g/mol. The van der Waals surface area contributed by atoms with E-state index in [1.165, 1.54) is 11.1 Å². The Balaban J connectivity index is 2.03. The van der Waals surface area contributed by atoms with E-state index in [0.29, 0.717) is 0 Å². The molecule has 0 N–H and O–H groups in total. The van der Waals surface area contributed by atoms with Gasteiger partial charge in [0.2, 0.25) is 0 Å². The molecule has 0 aliphatic heterocycles. The van der Waals surface area contributed by atoms with Crippen molar-refractivity contribution in [3.8, 4) is 5.75 Å². The molecule has 3 rings (SSSR count). The van der Waals surface area contributed by atoms with E-state index in [0.717, 1.165) is 27.8 Å². The van der Waals surface area contributed by atoms with Crippen molar-refractivity contribution in [1.82, 2.24) is 0 Å². The Morgan fingerprint density at radius 2 is 1.64 bits per heavy atom. The number of methoxy groups -OCH3 is 1. The number of hydrogen-bond acceptors (Lipinski definition) is 2. The van der Waals surface area contributed by atoms with Crippen LogP contribution in [-0.4, -0.2) is 13.3 Å². The van der Waals surface area contributed by atoms with E-state index in [-0.39, 0.29) is 0 Å². The first kappa shape index (κ1) is 14.3. The molecule has 2 nitrogen and oxygen atoms in total. The molecule has 0 unspecified atom stereocenters. The van der Waals surface area contributed by atoms with Crippen LogP contribution in [0.1, 0.15) is 16.7 Å². The minimum Gasteiger partial charge on any atom is -0.496 e. The smallest absolute Gasteiger partial charge is 0.126 e. The quantitative estimate of drug-likeness (QED) is 0.606. The fourth-order valence-corrected chi connectivity index (χ4v) is 2.54. The van der Waals surface area contributed by atoms with Gasteiger partial charge in [-0.25, -0.2) is 0 Å². The molecule has 22 heavy (non-hydrogen) atoms. The number of fused-ring (bicyclic) bond motifs is 1. The molecule has 0 fully saturated rings. The predicted molar refractivity (Wildman–Crippen MR) is 93.7 cm³/mol. The van der Waals surface area contributed by atoms with E-state index in [9.17, 15) is 0 Å². The molecule has 0 saturated carbocycles. The van der Waals surface area contributed by atoms with Crippen LogP contribution in [0.3, 0.4) is 0 Å². The van der Waals surface area contributed by atoms with Crippen LogP contribution in [0.2, 0.25) is 0 Å². The molecule has 2 heteroatoms. The van der Waals surface area contributed by atoms with E-state index in [1.54, 1.807) is 7.11 Å². The van der Waals surface area contributed by atoms with Crippen molar-refractivity contribution in [2.24, 2.45) is 4.99 Å². The molecule has 0 aliphatic carbocycles. The molecule has 0 bridgehead atoms. The van der Waals surface area contributed by atoms with Crippen LogP contribution < -0.4 is 4.74 Å². The standard InChI is InChI=1S/C20H19NO/c1-14-8-10-17(12-15(14)2)21-13-16-9-11-20(22-3)19-7-5-4-6-18(16)19/h4-13H,1-3H3. The third-order valence-electron chi connectivity index (χ3n) is 3.98. The summed E-state index contributed by atoms with van der Waals surface area (Å²) in [5.74, 6) is 0.888. The minimum absolute atomic E-state index is 0.888. The molecule has 110 valence electrons. The SMILES string of the molecule is COc1ccc(C=Nc2ccc(C)c(C)c2)c2ccccc12. The van der Waals surface area contributed by atoms with Crippen LogP contribution in [0.5, 0.6) is 5.75 Å². The van der Waals surface area contributed by atoms with Crippen molar-refractivity contribution in [2.45, 2.75) is 13.8 Å². The second kappa shape index (κ2) is 6.02. The third kappa shape index (κ3) is 2.73. The number of ether oxygens (including phenoxy) is 1. The average Bonchev–Trinajstić information content (AvgIpc) is 2.55. The summed E-state index contributed by atoms with van der Waals surface area (Å²) in [5, 5.41) is 2.25. The van der Waals surface area contributed by atoms with Gasteiger partial charge in [0.25, 0.3) is 0 Å². The summed E-state index contributed by atoms with van der Waals surface area (Å²) in [6.07, 6.45) is 1.92. The van der Waals surface area contributed by atoms with E-state index in [4.69, 9.17) is 4.74 Å². The zero-order valence-corrected chi connectivity index (χ0v) is 13.1.